The Labute approximate surface area is 220 Å². The van der Waals surface area contributed by atoms with Gasteiger partial charge < -0.3 is 5.32 Å². The molecule has 188 valence electrons. The Balaban J connectivity index is 1.17. The van der Waals surface area contributed by atoms with Gasteiger partial charge in [0.05, 0.1) is 17.4 Å². The number of pyridine rings is 2. The number of benzene rings is 2. The van der Waals surface area contributed by atoms with Crippen molar-refractivity contribution in [3.63, 3.8) is 0 Å². The number of nitrogens with one attached hydrogen (secondary N) is 1. The largest absolute Gasteiger partial charge is 0.313 e. The van der Waals surface area contributed by atoms with E-state index in [-0.39, 0.29) is 0 Å². The molecule has 4 aromatic rings. The normalized spacial score (nSPS) is 15.9. The predicted molar refractivity (Wildman–Crippen MR) is 150 cm³/mol. The van der Waals surface area contributed by atoms with Crippen molar-refractivity contribution in [2.45, 2.75) is 57.7 Å². The highest BCUT2D eigenvalue weighted by molar-refractivity contribution is 5.77. The molecule has 0 fully saturated rings. The lowest BCUT2D eigenvalue weighted by molar-refractivity contribution is 0.160. The van der Waals surface area contributed by atoms with E-state index in [1.54, 1.807) is 0 Å². The minimum Gasteiger partial charge on any atom is -0.313 e. The molecule has 0 saturated heterocycles. The highest BCUT2D eigenvalue weighted by Crippen LogP contribution is 2.39. The van der Waals surface area contributed by atoms with Gasteiger partial charge in [-0.05, 0) is 90.7 Å². The van der Waals surface area contributed by atoms with Gasteiger partial charge >= 0.3 is 0 Å². The van der Waals surface area contributed by atoms with Gasteiger partial charge in [0, 0.05) is 31.9 Å². The van der Waals surface area contributed by atoms with Gasteiger partial charge in [-0.2, -0.15) is 0 Å². The Morgan fingerprint density at radius 3 is 2.62 bits per heavy atom. The maximum atomic E-state index is 4.94. The van der Waals surface area contributed by atoms with Crippen LogP contribution in [0.25, 0.3) is 11.1 Å². The van der Waals surface area contributed by atoms with Gasteiger partial charge in [0.15, 0.2) is 0 Å². The molecule has 0 aliphatic heterocycles. The van der Waals surface area contributed by atoms with Crippen molar-refractivity contribution in [3.8, 4) is 11.1 Å². The third-order valence-electron chi connectivity index (χ3n) is 8.00. The van der Waals surface area contributed by atoms with Crippen LogP contribution in [-0.2, 0) is 25.9 Å². The fourth-order valence-electron chi connectivity index (χ4n) is 6.12. The number of hydrogen-bond acceptors (Lipinski definition) is 4. The maximum Gasteiger partial charge on any atom is 0.0607 e. The molecule has 0 radical (unpaired) electrons. The Kier molecular flexibility index (Phi) is 7.38. The second kappa shape index (κ2) is 11.4. The molecular formula is C33H36N4. The van der Waals surface area contributed by atoms with E-state index < -0.39 is 0 Å². The van der Waals surface area contributed by atoms with E-state index in [1.165, 1.54) is 57.6 Å². The standard InChI is InChI=1S/C33H36N4/c1-2-10-25(11-3-1)23-34-18-6-7-21-37(32-16-8-13-26-14-9-19-36-33(26)32)24-31-30-22-27-12-4-5-15-28(27)29(30)17-20-35-31/h1-5,9-12,14-15,17,19-20,32,34H,6-8,13,16,18,21-24H2. The summed E-state index contributed by atoms with van der Waals surface area (Å²) >= 11 is 0. The third kappa shape index (κ3) is 5.36. The summed E-state index contributed by atoms with van der Waals surface area (Å²) in [6, 6.07) is 26.4. The van der Waals surface area contributed by atoms with Crippen LogP contribution < -0.4 is 5.32 Å². The first-order chi connectivity index (χ1) is 18.4. The van der Waals surface area contributed by atoms with Gasteiger partial charge in [-0.1, -0.05) is 60.7 Å². The first-order valence-electron chi connectivity index (χ1n) is 13.8. The lowest BCUT2D eigenvalue weighted by Gasteiger charge is -2.35. The molecule has 0 amide bonds. The molecule has 2 heterocycles. The van der Waals surface area contributed by atoms with E-state index in [0.29, 0.717) is 6.04 Å². The summed E-state index contributed by atoms with van der Waals surface area (Å²) in [6.45, 7) is 3.92. The van der Waals surface area contributed by atoms with Crippen LogP contribution in [0.4, 0.5) is 0 Å². The number of fused-ring (bicyclic) bond motifs is 4. The van der Waals surface area contributed by atoms with Gasteiger partial charge in [-0.3, -0.25) is 14.9 Å². The van der Waals surface area contributed by atoms with Crippen LogP contribution in [0.2, 0.25) is 0 Å². The fourth-order valence-corrected chi connectivity index (χ4v) is 6.12. The Bertz CT molecular complexity index is 1330. The zero-order valence-electron chi connectivity index (χ0n) is 21.6. The molecule has 2 aromatic heterocycles. The van der Waals surface area contributed by atoms with E-state index >= 15 is 0 Å². The third-order valence-corrected chi connectivity index (χ3v) is 8.00. The van der Waals surface area contributed by atoms with E-state index in [1.807, 2.05) is 12.4 Å². The van der Waals surface area contributed by atoms with E-state index in [4.69, 9.17) is 9.97 Å². The Morgan fingerprint density at radius 2 is 1.68 bits per heavy atom. The minimum absolute atomic E-state index is 0.365. The van der Waals surface area contributed by atoms with Crippen LogP contribution in [0.3, 0.4) is 0 Å². The van der Waals surface area contributed by atoms with Crippen molar-refractivity contribution in [3.05, 3.63) is 119 Å². The first-order valence-corrected chi connectivity index (χ1v) is 13.8. The fraction of sp³-hybridized carbons (Fsp3) is 0.333. The predicted octanol–water partition coefficient (Wildman–Crippen LogP) is 6.50. The number of hydrogen-bond donors (Lipinski definition) is 1. The lowest BCUT2D eigenvalue weighted by Crippen LogP contribution is -2.33. The molecule has 37 heavy (non-hydrogen) atoms. The minimum atomic E-state index is 0.365. The zero-order valence-corrected chi connectivity index (χ0v) is 21.6. The summed E-state index contributed by atoms with van der Waals surface area (Å²) in [7, 11) is 0. The van der Waals surface area contributed by atoms with Crippen LogP contribution >= 0.6 is 0 Å². The molecule has 0 bridgehead atoms. The number of nitrogens with zero attached hydrogens (tertiary/aromatic N) is 3. The Morgan fingerprint density at radius 1 is 0.811 bits per heavy atom. The van der Waals surface area contributed by atoms with E-state index in [9.17, 15) is 0 Å². The number of rotatable bonds is 10. The highest BCUT2D eigenvalue weighted by atomic mass is 15.2. The first kappa shape index (κ1) is 24.0. The van der Waals surface area contributed by atoms with E-state index in [2.05, 4.69) is 83.0 Å². The summed E-state index contributed by atoms with van der Waals surface area (Å²) in [6.07, 6.45) is 10.8. The zero-order chi connectivity index (χ0) is 24.9. The van der Waals surface area contributed by atoms with Crippen LogP contribution in [0.15, 0.2) is 85.2 Å². The van der Waals surface area contributed by atoms with Crippen molar-refractivity contribution in [1.82, 2.24) is 20.2 Å². The second-order valence-electron chi connectivity index (χ2n) is 10.4. The van der Waals surface area contributed by atoms with Crippen LogP contribution in [-0.4, -0.2) is 28.0 Å². The molecule has 0 spiro atoms. The molecule has 0 saturated carbocycles. The van der Waals surface area contributed by atoms with Gasteiger partial charge in [0.2, 0.25) is 0 Å². The molecule has 1 N–H and O–H groups in total. The molecule has 6 rings (SSSR count). The molecule has 1 atom stereocenters. The number of aryl methyl sites for hydroxylation is 1. The van der Waals surface area contributed by atoms with Crippen molar-refractivity contribution in [2.24, 2.45) is 0 Å². The van der Waals surface area contributed by atoms with Crippen molar-refractivity contribution in [2.75, 3.05) is 13.1 Å². The average molecular weight is 489 g/mol. The molecule has 2 aliphatic carbocycles. The van der Waals surface area contributed by atoms with E-state index in [0.717, 1.165) is 51.9 Å². The molecule has 4 nitrogen and oxygen atoms in total. The number of unbranched alkanes of at least 4 members (excludes halogenated alkanes) is 1. The average Bonchev–Trinajstić information content (AvgIpc) is 3.34. The van der Waals surface area contributed by atoms with Crippen LogP contribution in [0.1, 0.15) is 65.4 Å². The number of aromatic nitrogens is 2. The topological polar surface area (TPSA) is 41.0 Å². The van der Waals surface area contributed by atoms with Crippen LogP contribution in [0.5, 0.6) is 0 Å². The SMILES string of the molecule is c1ccc(CNCCCCN(Cc2nccc3c2Cc2ccccc2-3)C2CCCc3cccnc32)cc1. The summed E-state index contributed by atoms with van der Waals surface area (Å²) in [5.74, 6) is 0. The molecule has 2 aliphatic rings. The van der Waals surface area contributed by atoms with Crippen molar-refractivity contribution >= 4 is 0 Å². The summed E-state index contributed by atoms with van der Waals surface area (Å²) < 4.78 is 0. The molecular weight excluding hydrogens is 452 g/mol. The lowest BCUT2D eigenvalue weighted by atomic mass is 9.90. The quantitative estimate of drug-likeness (QED) is 0.228. The molecule has 1 unspecified atom stereocenters. The van der Waals surface area contributed by atoms with Gasteiger partial charge in [0.25, 0.3) is 0 Å². The molecule has 4 heteroatoms. The highest BCUT2D eigenvalue weighted by Gasteiger charge is 2.29. The maximum absolute atomic E-state index is 4.94. The van der Waals surface area contributed by atoms with Crippen molar-refractivity contribution in [1.29, 1.82) is 0 Å². The van der Waals surface area contributed by atoms with Gasteiger partial charge in [0.1, 0.15) is 0 Å². The summed E-state index contributed by atoms with van der Waals surface area (Å²) in [5, 5.41) is 3.62. The summed E-state index contributed by atoms with van der Waals surface area (Å²) in [4.78, 5) is 12.5. The Hall–Kier alpha value is -3.34. The van der Waals surface area contributed by atoms with Crippen molar-refractivity contribution < 1.29 is 0 Å². The monoisotopic (exact) mass is 488 g/mol. The van der Waals surface area contributed by atoms with Gasteiger partial charge in [-0.15, -0.1) is 0 Å². The van der Waals surface area contributed by atoms with Crippen LogP contribution in [0, 0.1) is 0 Å². The molecule has 2 aromatic carbocycles. The summed E-state index contributed by atoms with van der Waals surface area (Å²) in [5.41, 5.74) is 10.9. The smallest absolute Gasteiger partial charge is 0.0607 e. The van der Waals surface area contributed by atoms with Gasteiger partial charge in [-0.25, -0.2) is 0 Å². The second-order valence-corrected chi connectivity index (χ2v) is 10.4.